The minimum absolute atomic E-state index is 0.115. The number of hydrogen-bond donors (Lipinski definition) is 2. The molecule has 0 radical (unpaired) electrons. The molecule has 22 heavy (non-hydrogen) atoms. The van der Waals surface area contributed by atoms with Gasteiger partial charge in [0.25, 0.3) is 5.91 Å². The van der Waals surface area contributed by atoms with Crippen LogP contribution in [0.5, 0.6) is 5.75 Å². The van der Waals surface area contributed by atoms with Crippen LogP contribution < -0.4 is 10.1 Å². The lowest BCUT2D eigenvalue weighted by molar-refractivity contribution is 0.0945. The number of aliphatic hydroxyl groups excluding tert-OH is 1. The summed E-state index contributed by atoms with van der Waals surface area (Å²) in [5, 5.41) is 13.6. The second kappa shape index (κ2) is 8.51. The van der Waals surface area contributed by atoms with Gasteiger partial charge in [-0.1, -0.05) is 6.92 Å². The zero-order valence-corrected chi connectivity index (χ0v) is 13.3. The smallest absolute Gasteiger partial charge is 0.251 e. The van der Waals surface area contributed by atoms with Crippen LogP contribution in [-0.2, 0) is 6.61 Å². The first kappa shape index (κ1) is 16.5. The maximum Gasteiger partial charge on any atom is 0.251 e. The molecule has 0 aliphatic rings. The number of carbonyl (C=O) groups excluding carboxylic acids is 1. The molecule has 2 N–H and O–H groups in total. The summed E-state index contributed by atoms with van der Waals surface area (Å²) in [6.07, 6.45) is 0.684. The van der Waals surface area contributed by atoms with Crippen molar-refractivity contribution >= 4 is 17.2 Å². The van der Waals surface area contributed by atoms with E-state index in [1.54, 1.807) is 29.8 Å². The average Bonchev–Trinajstić information content (AvgIpc) is 3.05. The third kappa shape index (κ3) is 5.13. The highest BCUT2D eigenvalue weighted by Gasteiger charge is 2.08. The number of aliphatic hydroxyl groups is 1. The number of thiazole rings is 1. The largest absolute Gasteiger partial charge is 0.487 e. The topological polar surface area (TPSA) is 71.5 Å². The van der Waals surface area contributed by atoms with Crippen molar-refractivity contribution in [2.24, 2.45) is 5.92 Å². The summed E-state index contributed by atoms with van der Waals surface area (Å²) < 4.78 is 5.60. The Morgan fingerprint density at radius 2 is 2.18 bits per heavy atom. The first-order chi connectivity index (χ1) is 10.7. The van der Waals surface area contributed by atoms with Crippen molar-refractivity contribution in [1.82, 2.24) is 10.3 Å². The molecule has 1 heterocycles. The first-order valence-corrected chi connectivity index (χ1v) is 8.12. The molecule has 118 valence electrons. The number of benzene rings is 1. The van der Waals surface area contributed by atoms with Crippen LogP contribution in [0.25, 0.3) is 0 Å². The molecule has 5 nitrogen and oxygen atoms in total. The molecule has 2 aromatic rings. The Kier molecular flexibility index (Phi) is 6.36. The molecule has 0 aliphatic heterocycles. The van der Waals surface area contributed by atoms with E-state index in [1.165, 1.54) is 11.3 Å². The first-order valence-electron chi connectivity index (χ1n) is 7.18. The summed E-state index contributed by atoms with van der Waals surface area (Å²) in [6, 6.07) is 7.03. The summed E-state index contributed by atoms with van der Waals surface area (Å²) in [5.41, 5.74) is 3.26. The van der Waals surface area contributed by atoms with Crippen LogP contribution in [0.3, 0.4) is 0 Å². The Morgan fingerprint density at radius 1 is 1.41 bits per heavy atom. The highest BCUT2D eigenvalue weighted by Crippen LogP contribution is 2.14. The van der Waals surface area contributed by atoms with Gasteiger partial charge in [0.1, 0.15) is 12.4 Å². The van der Waals surface area contributed by atoms with E-state index in [0.717, 1.165) is 5.69 Å². The predicted octanol–water partition coefficient (Wildman–Crippen LogP) is 2.47. The molecule has 6 heteroatoms. The predicted molar refractivity (Wildman–Crippen MR) is 86.1 cm³/mol. The zero-order chi connectivity index (χ0) is 15.8. The van der Waals surface area contributed by atoms with E-state index in [-0.39, 0.29) is 18.4 Å². The lowest BCUT2D eigenvalue weighted by atomic mass is 10.1. The molecule has 0 saturated heterocycles. The lowest BCUT2D eigenvalue weighted by Gasteiger charge is -2.11. The minimum atomic E-state index is -0.115. The highest BCUT2D eigenvalue weighted by molar-refractivity contribution is 7.07. The number of ether oxygens (including phenoxy) is 1. The fraction of sp³-hybridized carbons (Fsp3) is 0.375. The van der Waals surface area contributed by atoms with Crippen molar-refractivity contribution in [1.29, 1.82) is 0 Å². The van der Waals surface area contributed by atoms with Gasteiger partial charge < -0.3 is 15.2 Å². The van der Waals surface area contributed by atoms with Gasteiger partial charge in [-0.15, -0.1) is 11.3 Å². The molecule has 1 aromatic heterocycles. The SMILES string of the molecule is CC(CCO)CNC(=O)c1ccc(OCc2cscn2)cc1. The van der Waals surface area contributed by atoms with Gasteiger partial charge in [-0.25, -0.2) is 4.98 Å². The van der Waals surface area contributed by atoms with Crippen molar-refractivity contribution in [3.8, 4) is 5.75 Å². The molecule has 0 fully saturated rings. The quantitative estimate of drug-likeness (QED) is 0.784. The number of hydrogen-bond acceptors (Lipinski definition) is 5. The van der Waals surface area contributed by atoms with Crippen molar-refractivity contribution in [3.63, 3.8) is 0 Å². The Morgan fingerprint density at radius 3 is 2.82 bits per heavy atom. The third-order valence-electron chi connectivity index (χ3n) is 3.22. The van der Waals surface area contributed by atoms with Gasteiger partial charge >= 0.3 is 0 Å². The molecule has 0 aliphatic carbocycles. The Bertz CT molecular complexity index is 570. The number of amides is 1. The van der Waals surface area contributed by atoms with Gasteiger partial charge in [0.15, 0.2) is 0 Å². The van der Waals surface area contributed by atoms with Gasteiger partial charge in [0.2, 0.25) is 0 Å². The van der Waals surface area contributed by atoms with Gasteiger partial charge in [-0.05, 0) is 36.6 Å². The molecular weight excluding hydrogens is 300 g/mol. The second-order valence-corrected chi connectivity index (χ2v) is 5.84. The lowest BCUT2D eigenvalue weighted by Crippen LogP contribution is -2.28. The fourth-order valence-electron chi connectivity index (χ4n) is 1.86. The van der Waals surface area contributed by atoms with Crippen molar-refractivity contribution in [2.45, 2.75) is 20.0 Å². The molecular formula is C16H20N2O3S. The average molecular weight is 320 g/mol. The molecule has 0 spiro atoms. The van der Waals surface area contributed by atoms with Gasteiger partial charge in [-0.2, -0.15) is 0 Å². The van der Waals surface area contributed by atoms with Crippen LogP contribution in [0, 0.1) is 5.92 Å². The van der Waals surface area contributed by atoms with E-state index < -0.39 is 0 Å². The second-order valence-electron chi connectivity index (χ2n) is 5.12. The number of rotatable bonds is 8. The van der Waals surface area contributed by atoms with Gasteiger partial charge in [0.05, 0.1) is 11.2 Å². The summed E-state index contributed by atoms with van der Waals surface area (Å²) in [6.45, 7) is 3.11. The Hall–Kier alpha value is -1.92. The van der Waals surface area contributed by atoms with Crippen LogP contribution in [0.1, 0.15) is 29.4 Å². The van der Waals surface area contributed by atoms with Gasteiger partial charge in [-0.3, -0.25) is 4.79 Å². The van der Waals surface area contributed by atoms with E-state index >= 15 is 0 Å². The molecule has 1 unspecified atom stereocenters. The zero-order valence-electron chi connectivity index (χ0n) is 12.5. The Balaban J connectivity index is 1.81. The van der Waals surface area contributed by atoms with E-state index in [9.17, 15) is 4.79 Å². The fourth-order valence-corrected chi connectivity index (χ4v) is 2.40. The van der Waals surface area contributed by atoms with Gasteiger partial charge in [0, 0.05) is 24.1 Å². The number of nitrogens with zero attached hydrogens (tertiary/aromatic N) is 1. The maximum atomic E-state index is 12.0. The molecule has 1 amide bonds. The van der Waals surface area contributed by atoms with Crippen LogP contribution in [0.2, 0.25) is 0 Å². The Labute approximate surface area is 134 Å². The summed E-state index contributed by atoms with van der Waals surface area (Å²) in [7, 11) is 0. The summed E-state index contributed by atoms with van der Waals surface area (Å²) in [5.74, 6) is 0.851. The number of carbonyl (C=O) groups is 1. The minimum Gasteiger partial charge on any atom is -0.487 e. The maximum absolute atomic E-state index is 12.0. The number of nitrogens with one attached hydrogen (secondary N) is 1. The standard InChI is InChI=1S/C16H20N2O3S/c1-12(6-7-19)8-17-16(20)13-2-4-15(5-3-13)21-9-14-10-22-11-18-14/h2-5,10-12,19H,6-9H2,1H3,(H,17,20). The van der Waals surface area contributed by atoms with Crippen LogP contribution >= 0.6 is 11.3 Å². The molecule has 2 rings (SSSR count). The van der Waals surface area contributed by atoms with Crippen LogP contribution in [0.4, 0.5) is 0 Å². The highest BCUT2D eigenvalue weighted by atomic mass is 32.1. The van der Waals surface area contributed by atoms with E-state index in [4.69, 9.17) is 9.84 Å². The molecule has 0 saturated carbocycles. The summed E-state index contributed by atoms with van der Waals surface area (Å²) >= 11 is 1.53. The van der Waals surface area contributed by atoms with Crippen molar-refractivity contribution < 1.29 is 14.6 Å². The summed E-state index contributed by atoms with van der Waals surface area (Å²) in [4.78, 5) is 16.1. The number of aromatic nitrogens is 1. The van der Waals surface area contributed by atoms with Crippen LogP contribution in [0.15, 0.2) is 35.2 Å². The van der Waals surface area contributed by atoms with Crippen molar-refractivity contribution in [3.05, 3.63) is 46.4 Å². The molecule has 0 bridgehead atoms. The van der Waals surface area contributed by atoms with E-state index in [0.29, 0.717) is 30.9 Å². The molecule has 1 atom stereocenters. The normalized spacial score (nSPS) is 11.9. The van der Waals surface area contributed by atoms with Crippen LogP contribution in [-0.4, -0.2) is 29.1 Å². The van der Waals surface area contributed by atoms with E-state index in [1.807, 2.05) is 12.3 Å². The third-order valence-corrected chi connectivity index (χ3v) is 3.85. The molecule has 1 aromatic carbocycles. The monoisotopic (exact) mass is 320 g/mol. The van der Waals surface area contributed by atoms with E-state index in [2.05, 4.69) is 10.3 Å². The van der Waals surface area contributed by atoms with Crippen molar-refractivity contribution in [2.75, 3.05) is 13.2 Å².